The summed E-state index contributed by atoms with van der Waals surface area (Å²) in [6.07, 6.45) is 1.20. The number of Topliss-reactive ketones (excluding diaryl/α,β-unsaturated/α-hetero) is 1. The number of benzene rings is 2. The highest BCUT2D eigenvalue weighted by Gasteiger charge is 2.43. The van der Waals surface area contributed by atoms with Crippen molar-refractivity contribution in [1.82, 2.24) is 0 Å². The highest BCUT2D eigenvalue weighted by Crippen LogP contribution is 2.49. The molecule has 1 aromatic heterocycles. The maximum absolute atomic E-state index is 14.0. The van der Waals surface area contributed by atoms with Gasteiger partial charge < -0.3 is 10.6 Å². The maximum Gasteiger partial charge on any atom is 0.327 e. The summed E-state index contributed by atoms with van der Waals surface area (Å²) < 4.78 is 0. The number of amides is 2. The molecule has 0 bridgehead atoms. The molecule has 0 fully saturated rings. The summed E-state index contributed by atoms with van der Waals surface area (Å²) in [7, 11) is 0. The first-order chi connectivity index (χ1) is 16.2. The van der Waals surface area contributed by atoms with E-state index < -0.39 is 6.04 Å². The van der Waals surface area contributed by atoms with Crippen molar-refractivity contribution in [1.29, 1.82) is 0 Å². The van der Waals surface area contributed by atoms with Gasteiger partial charge in [-0.25, -0.2) is 4.79 Å². The number of carbonyl (C=O) groups excluding carboxylic acids is 2. The molecule has 2 aromatic carbocycles. The molecule has 3 aromatic rings. The van der Waals surface area contributed by atoms with Crippen LogP contribution in [0.4, 0.5) is 21.9 Å². The van der Waals surface area contributed by atoms with Crippen LogP contribution in [0.2, 0.25) is 0 Å². The number of hydrogen-bond donors (Lipinski definition) is 2. The molecular weight excluding hydrogens is 442 g/mol. The maximum atomic E-state index is 14.0. The predicted molar refractivity (Wildman–Crippen MR) is 140 cm³/mol. The molecule has 2 heterocycles. The molecule has 174 valence electrons. The topological polar surface area (TPSA) is 61.4 Å². The minimum atomic E-state index is -0.499. The molecule has 0 spiro atoms. The lowest BCUT2D eigenvalue weighted by molar-refractivity contribution is -0.118. The fourth-order valence-electron chi connectivity index (χ4n) is 5.16. The largest absolute Gasteiger partial charge is 0.357 e. The van der Waals surface area contributed by atoms with Crippen molar-refractivity contribution >= 4 is 40.2 Å². The SMILES string of the molecule is Cc1cc(C)cc(NC(=O)N2c3ccccc3NC3=C(C(=O)CC(C)(C)C3)C2c2cccs2)c1. The van der Waals surface area contributed by atoms with E-state index in [1.165, 1.54) is 0 Å². The highest BCUT2D eigenvalue weighted by molar-refractivity contribution is 7.10. The van der Waals surface area contributed by atoms with E-state index in [1.54, 1.807) is 16.2 Å². The van der Waals surface area contributed by atoms with E-state index in [0.29, 0.717) is 12.0 Å². The molecule has 0 saturated carbocycles. The van der Waals surface area contributed by atoms with Crippen molar-refractivity contribution < 1.29 is 9.59 Å². The molecule has 34 heavy (non-hydrogen) atoms. The Balaban J connectivity index is 1.68. The van der Waals surface area contributed by atoms with E-state index in [4.69, 9.17) is 0 Å². The fraction of sp³-hybridized carbons (Fsp3) is 0.286. The number of hydrogen-bond acceptors (Lipinski definition) is 4. The van der Waals surface area contributed by atoms with Crippen LogP contribution in [0.5, 0.6) is 0 Å². The van der Waals surface area contributed by atoms with Crippen LogP contribution in [0.1, 0.15) is 48.7 Å². The molecule has 5 nitrogen and oxygen atoms in total. The van der Waals surface area contributed by atoms with Gasteiger partial charge in [-0.1, -0.05) is 38.1 Å². The molecule has 2 amide bonds. The molecule has 1 aliphatic carbocycles. The van der Waals surface area contributed by atoms with Gasteiger partial charge in [-0.3, -0.25) is 9.69 Å². The summed E-state index contributed by atoms with van der Waals surface area (Å²) in [5.41, 5.74) is 5.94. The summed E-state index contributed by atoms with van der Waals surface area (Å²) in [5, 5.41) is 8.66. The fourth-order valence-corrected chi connectivity index (χ4v) is 5.98. The van der Waals surface area contributed by atoms with Crippen molar-refractivity contribution in [2.75, 3.05) is 15.5 Å². The zero-order valence-corrected chi connectivity index (χ0v) is 20.8. The van der Waals surface area contributed by atoms with Gasteiger partial charge in [-0.2, -0.15) is 0 Å². The number of fused-ring (bicyclic) bond motifs is 1. The number of ketones is 1. The van der Waals surface area contributed by atoms with E-state index in [9.17, 15) is 9.59 Å². The minimum absolute atomic E-state index is 0.0918. The second-order valence-corrected chi connectivity index (χ2v) is 11.0. The number of urea groups is 1. The Labute approximate surface area is 204 Å². The number of rotatable bonds is 2. The lowest BCUT2D eigenvalue weighted by atomic mass is 9.74. The third-order valence-electron chi connectivity index (χ3n) is 6.41. The zero-order chi connectivity index (χ0) is 24.0. The van der Waals surface area contributed by atoms with Gasteiger partial charge in [0.25, 0.3) is 0 Å². The number of para-hydroxylation sites is 2. The average Bonchev–Trinajstić information content (AvgIpc) is 3.21. The molecule has 5 rings (SSSR count). The van der Waals surface area contributed by atoms with Gasteiger partial charge in [0, 0.05) is 28.3 Å². The van der Waals surface area contributed by atoms with Crippen molar-refractivity contribution in [3.63, 3.8) is 0 Å². The van der Waals surface area contributed by atoms with Gasteiger partial charge in [0.1, 0.15) is 6.04 Å². The number of allylic oxidation sites excluding steroid dienone is 1. The van der Waals surface area contributed by atoms with E-state index in [0.717, 1.165) is 45.2 Å². The molecule has 0 radical (unpaired) electrons. The van der Waals surface area contributed by atoms with E-state index in [2.05, 4.69) is 30.5 Å². The number of anilines is 3. The molecule has 1 aliphatic heterocycles. The van der Waals surface area contributed by atoms with Crippen molar-refractivity contribution in [2.24, 2.45) is 5.41 Å². The van der Waals surface area contributed by atoms with Gasteiger partial charge in [-0.05, 0) is 72.5 Å². The number of nitrogens with zero attached hydrogens (tertiary/aromatic N) is 1. The van der Waals surface area contributed by atoms with Crippen molar-refractivity contribution in [3.8, 4) is 0 Å². The lowest BCUT2D eigenvalue weighted by Crippen LogP contribution is -2.41. The Hall–Kier alpha value is -3.38. The summed E-state index contributed by atoms with van der Waals surface area (Å²) in [4.78, 5) is 30.3. The molecule has 2 aliphatic rings. The van der Waals surface area contributed by atoms with E-state index in [1.807, 2.05) is 67.8 Å². The van der Waals surface area contributed by atoms with Crippen LogP contribution < -0.4 is 15.5 Å². The van der Waals surface area contributed by atoms with Crippen LogP contribution in [-0.2, 0) is 4.79 Å². The Bertz CT molecular complexity index is 1290. The van der Waals surface area contributed by atoms with Crippen molar-refractivity contribution in [3.05, 3.63) is 87.3 Å². The number of nitrogens with one attached hydrogen (secondary N) is 2. The predicted octanol–water partition coefficient (Wildman–Crippen LogP) is 7.21. The van der Waals surface area contributed by atoms with Gasteiger partial charge >= 0.3 is 6.03 Å². The molecule has 0 saturated heterocycles. The molecular formula is C28H29N3O2S. The lowest BCUT2D eigenvalue weighted by Gasteiger charge is -2.36. The third-order valence-corrected chi connectivity index (χ3v) is 7.33. The number of aryl methyl sites for hydroxylation is 2. The van der Waals surface area contributed by atoms with Crippen LogP contribution in [0.15, 0.2) is 71.2 Å². The quantitative estimate of drug-likeness (QED) is 0.415. The minimum Gasteiger partial charge on any atom is -0.357 e. The van der Waals surface area contributed by atoms with E-state index >= 15 is 0 Å². The van der Waals surface area contributed by atoms with Crippen LogP contribution in [-0.4, -0.2) is 11.8 Å². The van der Waals surface area contributed by atoms with Crippen LogP contribution >= 0.6 is 11.3 Å². The molecule has 6 heteroatoms. The molecule has 1 atom stereocenters. The van der Waals surface area contributed by atoms with Gasteiger partial charge in [0.05, 0.1) is 11.4 Å². The Morgan fingerprint density at radius 2 is 1.79 bits per heavy atom. The Morgan fingerprint density at radius 1 is 1.06 bits per heavy atom. The highest BCUT2D eigenvalue weighted by atomic mass is 32.1. The number of carbonyl (C=O) groups is 2. The second-order valence-electron chi connectivity index (χ2n) is 10.1. The molecule has 1 unspecified atom stereocenters. The van der Waals surface area contributed by atoms with Crippen LogP contribution in [0.3, 0.4) is 0 Å². The second kappa shape index (κ2) is 8.44. The molecule has 2 N–H and O–H groups in total. The third kappa shape index (κ3) is 4.14. The Morgan fingerprint density at radius 3 is 2.50 bits per heavy atom. The van der Waals surface area contributed by atoms with Gasteiger partial charge in [0.15, 0.2) is 5.78 Å². The number of thiophene rings is 1. The standard InChI is InChI=1S/C28H29N3O2S/c1-17-12-18(2)14-19(13-17)29-27(33)31-22-9-6-5-8-20(22)30-21-15-28(3,4)16-23(32)25(21)26(31)24-10-7-11-34-24/h5-14,26,30H,15-16H2,1-4H3,(H,29,33). The van der Waals surface area contributed by atoms with Crippen LogP contribution in [0.25, 0.3) is 0 Å². The van der Waals surface area contributed by atoms with E-state index in [-0.39, 0.29) is 17.2 Å². The first-order valence-corrected chi connectivity index (χ1v) is 12.4. The summed E-state index contributed by atoms with van der Waals surface area (Å²) >= 11 is 1.57. The zero-order valence-electron chi connectivity index (χ0n) is 19.9. The average molecular weight is 472 g/mol. The van der Waals surface area contributed by atoms with Crippen molar-refractivity contribution in [2.45, 2.75) is 46.6 Å². The summed E-state index contributed by atoms with van der Waals surface area (Å²) in [5.74, 6) is 0.0918. The Kier molecular flexibility index (Phi) is 5.56. The smallest absolute Gasteiger partial charge is 0.327 e. The first-order valence-electron chi connectivity index (χ1n) is 11.6. The van der Waals surface area contributed by atoms with Gasteiger partial charge in [0.2, 0.25) is 0 Å². The monoisotopic (exact) mass is 471 g/mol. The van der Waals surface area contributed by atoms with Gasteiger partial charge in [-0.15, -0.1) is 11.3 Å². The van der Waals surface area contributed by atoms with Crippen LogP contribution in [0, 0.1) is 19.3 Å². The first kappa shape index (κ1) is 22.4. The summed E-state index contributed by atoms with van der Waals surface area (Å²) in [6, 6.07) is 17.0. The summed E-state index contributed by atoms with van der Waals surface area (Å²) in [6.45, 7) is 8.28. The normalized spacial score (nSPS) is 19.1.